The molecule has 0 aromatic heterocycles. The Hall–Kier alpha value is -3.94. The highest BCUT2D eigenvalue weighted by Gasteiger charge is 2.50. The number of rotatable bonds is 4. The lowest BCUT2D eigenvalue weighted by molar-refractivity contribution is -0.140. The van der Waals surface area contributed by atoms with Crippen LogP contribution in [0.3, 0.4) is 0 Å². The van der Waals surface area contributed by atoms with Crippen LogP contribution in [-0.2, 0) is 19.9 Å². The second kappa shape index (κ2) is 7.71. The topological polar surface area (TPSA) is 98.8 Å². The number of benzene rings is 2. The van der Waals surface area contributed by atoms with Gasteiger partial charge in [0.2, 0.25) is 11.8 Å². The number of hydrazine groups is 1. The minimum absolute atomic E-state index is 0.111. The Labute approximate surface area is 179 Å². The first-order valence-corrected chi connectivity index (χ1v) is 9.89. The van der Waals surface area contributed by atoms with Gasteiger partial charge in [0.1, 0.15) is 5.54 Å². The van der Waals surface area contributed by atoms with Crippen LogP contribution >= 0.6 is 0 Å². The van der Waals surface area contributed by atoms with Crippen LogP contribution in [0.4, 0.5) is 4.79 Å². The van der Waals surface area contributed by atoms with Gasteiger partial charge in [0.25, 0.3) is 5.91 Å². The summed E-state index contributed by atoms with van der Waals surface area (Å²) >= 11 is 0. The smallest absolute Gasteiger partial charge is 0.318 e. The fourth-order valence-electron chi connectivity index (χ4n) is 3.97. The molecule has 0 aliphatic carbocycles. The average molecular weight is 418 g/mol. The van der Waals surface area contributed by atoms with Crippen molar-refractivity contribution in [1.29, 1.82) is 0 Å². The van der Waals surface area contributed by atoms with Crippen LogP contribution in [0.15, 0.2) is 60.8 Å². The summed E-state index contributed by atoms with van der Waals surface area (Å²) in [5, 5.41) is 3.35. The number of urea groups is 1. The van der Waals surface area contributed by atoms with Gasteiger partial charge in [0.15, 0.2) is 0 Å². The molecular weight excluding hydrogens is 396 g/mol. The number of fused-ring (bicyclic) bond motifs is 1. The molecule has 0 bridgehead atoms. The molecule has 1 saturated heterocycles. The Bertz CT molecular complexity index is 1100. The van der Waals surface area contributed by atoms with E-state index in [1.165, 1.54) is 11.8 Å². The van der Waals surface area contributed by atoms with Crippen LogP contribution in [0.2, 0.25) is 0 Å². The van der Waals surface area contributed by atoms with Gasteiger partial charge >= 0.3 is 6.03 Å². The van der Waals surface area contributed by atoms with Crippen molar-refractivity contribution < 1.29 is 19.2 Å². The SMILES string of the molecule is CC(=O)N1C=Cc2ccccc2[C@@H]1CC(=O)NN1C(=O)N[C@](C)(c2ccccc2)C1=O. The molecule has 5 amide bonds. The standard InChI is InChI=1S/C23H22N4O4/c1-15(28)26-13-12-16-8-6-7-11-18(16)19(26)14-20(29)25-27-21(30)23(2,24-22(27)31)17-9-4-3-5-10-17/h3-13,19H,14H2,1-2H3,(H,24,31)(H,25,29)/t19-,23+/m0/s1. The van der Waals surface area contributed by atoms with Crippen LogP contribution in [-0.4, -0.2) is 33.7 Å². The summed E-state index contributed by atoms with van der Waals surface area (Å²) < 4.78 is 0. The molecule has 2 aromatic carbocycles. The molecule has 1 fully saturated rings. The molecule has 4 rings (SSSR count). The Morgan fingerprint density at radius 2 is 1.74 bits per heavy atom. The highest BCUT2D eigenvalue weighted by Crippen LogP contribution is 2.33. The van der Waals surface area contributed by atoms with Crippen molar-refractivity contribution in [2.75, 3.05) is 0 Å². The highest BCUT2D eigenvalue weighted by molar-refractivity contribution is 6.08. The van der Waals surface area contributed by atoms with E-state index in [4.69, 9.17) is 0 Å². The van der Waals surface area contributed by atoms with Crippen molar-refractivity contribution in [2.45, 2.75) is 31.8 Å². The molecular formula is C23H22N4O4. The fraction of sp³-hybridized carbons (Fsp3) is 0.217. The molecule has 158 valence electrons. The number of carbonyl (C=O) groups is 4. The number of imide groups is 1. The van der Waals surface area contributed by atoms with Crippen molar-refractivity contribution in [3.8, 4) is 0 Å². The predicted octanol–water partition coefficient (Wildman–Crippen LogP) is 2.45. The third-order valence-electron chi connectivity index (χ3n) is 5.63. The van der Waals surface area contributed by atoms with Crippen molar-refractivity contribution >= 4 is 29.8 Å². The molecule has 0 radical (unpaired) electrons. The summed E-state index contributed by atoms with van der Waals surface area (Å²) in [6, 6.07) is 15.0. The van der Waals surface area contributed by atoms with Gasteiger partial charge in [-0.25, -0.2) is 4.79 Å². The number of carbonyl (C=O) groups excluding carboxylic acids is 4. The predicted molar refractivity (Wildman–Crippen MR) is 113 cm³/mol. The lowest BCUT2D eigenvalue weighted by atomic mass is 9.92. The Morgan fingerprint density at radius 1 is 1.06 bits per heavy atom. The summed E-state index contributed by atoms with van der Waals surface area (Å²) in [7, 11) is 0. The number of amides is 5. The van der Waals surface area contributed by atoms with Gasteiger partial charge < -0.3 is 10.2 Å². The van der Waals surface area contributed by atoms with E-state index in [1.807, 2.05) is 36.4 Å². The molecule has 2 atom stereocenters. The van der Waals surface area contributed by atoms with Gasteiger partial charge in [-0.05, 0) is 29.7 Å². The quantitative estimate of drug-likeness (QED) is 0.745. The normalized spacial score (nSPS) is 22.2. The minimum Gasteiger partial charge on any atom is -0.318 e. The van der Waals surface area contributed by atoms with Gasteiger partial charge in [0.05, 0.1) is 12.5 Å². The maximum atomic E-state index is 13.0. The van der Waals surface area contributed by atoms with E-state index in [0.29, 0.717) is 10.6 Å². The number of hydrogen-bond donors (Lipinski definition) is 2. The maximum absolute atomic E-state index is 13.0. The molecule has 0 saturated carbocycles. The van der Waals surface area contributed by atoms with E-state index in [2.05, 4.69) is 10.7 Å². The molecule has 2 heterocycles. The minimum atomic E-state index is -1.28. The van der Waals surface area contributed by atoms with Crippen LogP contribution < -0.4 is 10.7 Å². The lowest BCUT2D eigenvalue weighted by Gasteiger charge is -2.32. The first-order chi connectivity index (χ1) is 14.8. The third-order valence-corrected chi connectivity index (χ3v) is 5.63. The second-order valence-corrected chi connectivity index (χ2v) is 7.69. The fourth-order valence-corrected chi connectivity index (χ4v) is 3.97. The van der Waals surface area contributed by atoms with Crippen molar-refractivity contribution in [3.63, 3.8) is 0 Å². The zero-order valence-electron chi connectivity index (χ0n) is 17.2. The molecule has 2 aliphatic heterocycles. The van der Waals surface area contributed by atoms with Crippen molar-refractivity contribution in [2.24, 2.45) is 0 Å². The molecule has 8 heteroatoms. The number of nitrogens with one attached hydrogen (secondary N) is 2. The van der Waals surface area contributed by atoms with Gasteiger partial charge in [-0.15, -0.1) is 0 Å². The van der Waals surface area contributed by atoms with Gasteiger partial charge in [-0.2, -0.15) is 5.01 Å². The Kier molecular flexibility index (Phi) is 5.06. The van der Waals surface area contributed by atoms with Crippen molar-refractivity contribution in [3.05, 3.63) is 77.5 Å². The van der Waals surface area contributed by atoms with E-state index >= 15 is 0 Å². The van der Waals surface area contributed by atoms with Gasteiger partial charge in [0, 0.05) is 13.1 Å². The summed E-state index contributed by atoms with van der Waals surface area (Å²) in [6.45, 7) is 3.01. The largest absolute Gasteiger partial charge is 0.344 e. The molecule has 2 aliphatic rings. The van der Waals surface area contributed by atoms with Gasteiger partial charge in [-0.1, -0.05) is 54.6 Å². The van der Waals surface area contributed by atoms with E-state index in [-0.39, 0.29) is 12.3 Å². The third kappa shape index (κ3) is 3.56. The summed E-state index contributed by atoms with van der Waals surface area (Å²) in [4.78, 5) is 51.9. The average Bonchev–Trinajstić information content (AvgIpc) is 2.98. The molecule has 2 aromatic rings. The summed E-state index contributed by atoms with van der Waals surface area (Å²) in [6.07, 6.45) is 3.34. The molecule has 8 nitrogen and oxygen atoms in total. The molecule has 0 unspecified atom stereocenters. The summed E-state index contributed by atoms with van der Waals surface area (Å²) in [5.41, 5.74) is 3.47. The maximum Gasteiger partial charge on any atom is 0.344 e. The first kappa shape index (κ1) is 20.3. The van der Waals surface area contributed by atoms with Gasteiger partial charge in [-0.3, -0.25) is 19.8 Å². The highest BCUT2D eigenvalue weighted by atomic mass is 16.2. The molecule has 31 heavy (non-hydrogen) atoms. The van der Waals surface area contributed by atoms with E-state index in [0.717, 1.165) is 11.1 Å². The van der Waals surface area contributed by atoms with E-state index in [9.17, 15) is 19.2 Å². The number of nitrogens with zero attached hydrogens (tertiary/aromatic N) is 2. The van der Waals surface area contributed by atoms with E-state index in [1.54, 1.807) is 37.4 Å². The molecule has 0 spiro atoms. The Morgan fingerprint density at radius 3 is 2.45 bits per heavy atom. The lowest BCUT2D eigenvalue weighted by Crippen LogP contribution is -2.48. The summed E-state index contributed by atoms with van der Waals surface area (Å²) in [5.74, 6) is -1.35. The first-order valence-electron chi connectivity index (χ1n) is 9.89. The monoisotopic (exact) mass is 418 g/mol. The van der Waals surface area contributed by atoms with Crippen molar-refractivity contribution in [1.82, 2.24) is 20.7 Å². The molecule has 2 N–H and O–H groups in total. The Balaban J connectivity index is 1.53. The number of hydrogen-bond acceptors (Lipinski definition) is 4. The van der Waals surface area contributed by atoms with Crippen LogP contribution in [0.5, 0.6) is 0 Å². The van der Waals surface area contributed by atoms with Crippen LogP contribution in [0, 0.1) is 0 Å². The van der Waals surface area contributed by atoms with E-state index < -0.39 is 29.4 Å². The van der Waals surface area contributed by atoms with Crippen LogP contribution in [0.1, 0.15) is 43.0 Å². The van der Waals surface area contributed by atoms with Crippen LogP contribution in [0.25, 0.3) is 6.08 Å². The zero-order valence-corrected chi connectivity index (χ0v) is 17.2. The second-order valence-electron chi connectivity index (χ2n) is 7.69. The zero-order chi connectivity index (χ0) is 22.2.